The number of nitrogens with one attached hydrogen (secondary N) is 1. The minimum Gasteiger partial charge on any atom is -0.395 e. The van der Waals surface area contributed by atoms with E-state index < -0.39 is 16.9 Å². The number of benzene rings is 1. The Kier molecular flexibility index (Phi) is 6.89. The van der Waals surface area contributed by atoms with Crippen molar-refractivity contribution in [3.05, 3.63) is 57.3 Å². The number of aliphatic hydroxyl groups excluding tert-OH is 1. The van der Waals surface area contributed by atoms with E-state index in [1.54, 1.807) is 6.07 Å². The molecule has 1 unspecified atom stereocenters. The van der Waals surface area contributed by atoms with E-state index in [1.165, 1.54) is 11.6 Å². The van der Waals surface area contributed by atoms with E-state index in [0.29, 0.717) is 44.3 Å². The van der Waals surface area contributed by atoms with Crippen LogP contribution in [0.2, 0.25) is 10.0 Å². The summed E-state index contributed by atoms with van der Waals surface area (Å²) in [6.45, 7) is 4.54. The zero-order valence-electron chi connectivity index (χ0n) is 19.0. The number of nitrogens with zero attached hydrogens (tertiary/aromatic N) is 4. The van der Waals surface area contributed by atoms with Crippen LogP contribution >= 0.6 is 23.2 Å². The fraction of sp³-hybridized carbons (Fsp3) is 0.458. The zero-order chi connectivity index (χ0) is 24.7. The van der Waals surface area contributed by atoms with Crippen LogP contribution in [0, 0.1) is 0 Å². The third-order valence-electron chi connectivity index (χ3n) is 6.86. The van der Waals surface area contributed by atoms with Crippen molar-refractivity contribution in [2.75, 3.05) is 50.8 Å². The van der Waals surface area contributed by atoms with E-state index in [1.807, 2.05) is 23.1 Å². The SMILES string of the molecule is OCCN1CCN(c2ccc(Cl)c(C(F)(F)F)n2)C(CN2CCc3c([nH]c4ccc(Cl)cc34)C2)C1. The quantitative estimate of drug-likeness (QED) is 0.514. The normalized spacial score (nSPS) is 19.9. The predicted molar refractivity (Wildman–Crippen MR) is 131 cm³/mol. The first-order valence-electron chi connectivity index (χ1n) is 11.6. The van der Waals surface area contributed by atoms with E-state index in [2.05, 4.69) is 19.8 Å². The van der Waals surface area contributed by atoms with Gasteiger partial charge in [0.1, 0.15) is 5.82 Å². The molecule has 188 valence electrons. The number of hydrogen-bond acceptors (Lipinski definition) is 5. The van der Waals surface area contributed by atoms with E-state index in [9.17, 15) is 18.3 Å². The molecule has 2 aromatic heterocycles. The third-order valence-corrected chi connectivity index (χ3v) is 7.40. The van der Waals surface area contributed by atoms with Gasteiger partial charge in [-0.3, -0.25) is 9.80 Å². The molecule has 0 aliphatic carbocycles. The van der Waals surface area contributed by atoms with Gasteiger partial charge in [0, 0.05) is 67.4 Å². The highest BCUT2D eigenvalue weighted by Gasteiger charge is 2.37. The van der Waals surface area contributed by atoms with Gasteiger partial charge in [-0.15, -0.1) is 0 Å². The van der Waals surface area contributed by atoms with Crippen LogP contribution in [0.5, 0.6) is 0 Å². The summed E-state index contributed by atoms with van der Waals surface area (Å²) in [5.41, 5.74) is 2.41. The smallest absolute Gasteiger partial charge is 0.395 e. The molecule has 2 aliphatic rings. The van der Waals surface area contributed by atoms with Crippen LogP contribution in [0.25, 0.3) is 10.9 Å². The maximum Gasteiger partial charge on any atom is 0.434 e. The lowest BCUT2D eigenvalue weighted by atomic mass is 10.0. The molecule has 0 spiro atoms. The first kappa shape index (κ1) is 24.6. The third kappa shape index (κ3) is 5.11. The van der Waals surface area contributed by atoms with Crippen molar-refractivity contribution in [2.24, 2.45) is 0 Å². The van der Waals surface area contributed by atoms with Gasteiger partial charge in [0.2, 0.25) is 0 Å². The number of aromatic nitrogens is 2. The molecule has 0 radical (unpaired) electrons. The van der Waals surface area contributed by atoms with Crippen molar-refractivity contribution in [3.63, 3.8) is 0 Å². The zero-order valence-corrected chi connectivity index (χ0v) is 20.5. The second-order valence-corrected chi connectivity index (χ2v) is 9.97. The molecule has 1 atom stereocenters. The first-order valence-corrected chi connectivity index (χ1v) is 12.3. The Hall–Kier alpha value is -2.04. The fourth-order valence-corrected chi connectivity index (χ4v) is 5.62. The van der Waals surface area contributed by atoms with E-state index in [4.69, 9.17) is 23.2 Å². The van der Waals surface area contributed by atoms with Crippen LogP contribution < -0.4 is 4.90 Å². The molecule has 11 heteroatoms. The number of aliphatic hydroxyl groups is 1. The van der Waals surface area contributed by atoms with Crippen molar-refractivity contribution >= 4 is 39.9 Å². The second kappa shape index (κ2) is 9.78. The van der Waals surface area contributed by atoms with E-state index in [0.717, 1.165) is 29.6 Å². The molecule has 1 saturated heterocycles. The number of rotatable bonds is 5. The number of H-pyrrole nitrogens is 1. The highest BCUT2D eigenvalue weighted by molar-refractivity contribution is 6.31. The summed E-state index contributed by atoms with van der Waals surface area (Å²) >= 11 is 12.0. The summed E-state index contributed by atoms with van der Waals surface area (Å²) < 4.78 is 40.4. The Morgan fingerprint density at radius 1 is 1.09 bits per heavy atom. The molecule has 0 saturated carbocycles. The molecular weight excluding hydrogens is 502 g/mol. The van der Waals surface area contributed by atoms with Crippen LogP contribution in [0.15, 0.2) is 30.3 Å². The van der Waals surface area contributed by atoms with Crippen molar-refractivity contribution in [3.8, 4) is 0 Å². The highest BCUT2D eigenvalue weighted by Crippen LogP contribution is 2.35. The summed E-state index contributed by atoms with van der Waals surface area (Å²) in [6.07, 6.45) is -3.76. The van der Waals surface area contributed by atoms with Gasteiger partial charge in [0.05, 0.1) is 17.7 Å². The molecule has 6 nitrogen and oxygen atoms in total. The molecule has 5 rings (SSSR count). The van der Waals surface area contributed by atoms with Gasteiger partial charge in [-0.2, -0.15) is 13.2 Å². The molecule has 3 aromatic rings. The van der Waals surface area contributed by atoms with Gasteiger partial charge < -0.3 is 15.0 Å². The molecule has 1 aromatic carbocycles. The van der Waals surface area contributed by atoms with Crippen molar-refractivity contribution < 1.29 is 18.3 Å². The van der Waals surface area contributed by atoms with Crippen molar-refractivity contribution in [1.82, 2.24) is 19.8 Å². The summed E-state index contributed by atoms with van der Waals surface area (Å²) in [4.78, 5) is 13.8. The van der Waals surface area contributed by atoms with Crippen LogP contribution in [-0.2, 0) is 19.1 Å². The highest BCUT2D eigenvalue weighted by atomic mass is 35.5. The van der Waals surface area contributed by atoms with Gasteiger partial charge >= 0.3 is 6.18 Å². The molecular formula is C24H26Cl2F3N5O. The molecule has 35 heavy (non-hydrogen) atoms. The Bertz CT molecular complexity index is 1220. The van der Waals surface area contributed by atoms with Gasteiger partial charge in [0.15, 0.2) is 5.69 Å². The average Bonchev–Trinajstić information content (AvgIpc) is 3.16. The van der Waals surface area contributed by atoms with Crippen LogP contribution in [0.4, 0.5) is 19.0 Å². The Morgan fingerprint density at radius 3 is 2.69 bits per heavy atom. The number of fused-ring (bicyclic) bond motifs is 3. The average molecular weight is 528 g/mol. The number of pyridine rings is 1. The summed E-state index contributed by atoms with van der Waals surface area (Å²) in [5, 5.41) is 10.9. The molecule has 0 bridgehead atoms. The number of hydrogen-bond donors (Lipinski definition) is 2. The largest absolute Gasteiger partial charge is 0.434 e. The monoisotopic (exact) mass is 527 g/mol. The Labute approximate surface area is 211 Å². The summed E-state index contributed by atoms with van der Waals surface area (Å²) in [7, 11) is 0. The number of anilines is 1. The number of β-amino-alcohol motifs (C(OH)–C–C–N with tert-alkyl or cyclic N) is 1. The number of alkyl halides is 3. The lowest BCUT2D eigenvalue weighted by Crippen LogP contribution is -2.58. The van der Waals surface area contributed by atoms with Crippen LogP contribution in [0.1, 0.15) is 17.0 Å². The summed E-state index contributed by atoms with van der Waals surface area (Å²) in [6, 6.07) is 8.58. The lowest BCUT2D eigenvalue weighted by Gasteiger charge is -2.44. The van der Waals surface area contributed by atoms with Crippen molar-refractivity contribution in [1.29, 1.82) is 0 Å². The lowest BCUT2D eigenvalue weighted by molar-refractivity contribution is -0.141. The Balaban J connectivity index is 1.39. The number of aromatic amines is 1. The molecule has 2 aliphatic heterocycles. The first-order chi connectivity index (χ1) is 16.7. The Morgan fingerprint density at radius 2 is 1.91 bits per heavy atom. The van der Waals surface area contributed by atoms with Gasteiger partial charge in [-0.25, -0.2) is 4.98 Å². The molecule has 1 fully saturated rings. The van der Waals surface area contributed by atoms with Gasteiger partial charge in [-0.05, 0) is 42.3 Å². The van der Waals surface area contributed by atoms with E-state index >= 15 is 0 Å². The summed E-state index contributed by atoms with van der Waals surface area (Å²) in [5.74, 6) is 0.272. The molecule has 4 heterocycles. The molecule has 0 amide bonds. The fourth-order valence-electron chi connectivity index (χ4n) is 5.24. The van der Waals surface area contributed by atoms with Crippen LogP contribution in [0.3, 0.4) is 0 Å². The van der Waals surface area contributed by atoms with Gasteiger partial charge in [0.25, 0.3) is 0 Å². The van der Waals surface area contributed by atoms with Crippen molar-refractivity contribution in [2.45, 2.75) is 25.2 Å². The van der Waals surface area contributed by atoms with Crippen LogP contribution in [-0.4, -0.2) is 76.8 Å². The van der Waals surface area contributed by atoms with E-state index in [-0.39, 0.29) is 18.5 Å². The maximum atomic E-state index is 13.5. The number of halogens is 5. The standard InChI is InChI=1S/C24H26Cl2F3N5O/c25-15-1-3-20-18(11-15)17-5-6-33(14-21(17)30-20)13-16-12-32(9-10-35)7-8-34(16)22-4-2-19(26)23(31-22)24(27,28)29/h1-4,11,16,30,35H,5-10,12-14H2. The number of piperazine rings is 1. The van der Waals surface area contributed by atoms with Gasteiger partial charge in [-0.1, -0.05) is 23.2 Å². The predicted octanol–water partition coefficient (Wildman–Crippen LogP) is 4.43. The minimum atomic E-state index is -4.62. The maximum absolute atomic E-state index is 13.5. The minimum absolute atomic E-state index is 0.0365. The second-order valence-electron chi connectivity index (χ2n) is 9.13. The topological polar surface area (TPSA) is 58.6 Å². The molecule has 2 N–H and O–H groups in total.